The van der Waals surface area contributed by atoms with Crippen molar-refractivity contribution in [3.8, 4) is 0 Å². The van der Waals surface area contributed by atoms with Crippen LogP contribution in [0.5, 0.6) is 0 Å². The molecule has 27 heavy (non-hydrogen) atoms. The Balaban J connectivity index is 1.66. The number of H-pyrrole nitrogens is 1. The maximum Gasteiger partial charge on any atom is 0.263 e. The number of aromatic nitrogens is 3. The van der Waals surface area contributed by atoms with Gasteiger partial charge in [-0.1, -0.05) is 0 Å². The first-order valence-corrected chi connectivity index (χ1v) is 9.15. The average molecular weight is 371 g/mol. The summed E-state index contributed by atoms with van der Waals surface area (Å²) in [6.45, 7) is 6.08. The summed E-state index contributed by atoms with van der Waals surface area (Å²) in [7, 11) is 0. The minimum atomic E-state index is -0.468. The maximum atomic E-state index is 12.5. The molecular weight excluding hydrogens is 346 g/mol. The summed E-state index contributed by atoms with van der Waals surface area (Å²) < 4.78 is 1.25. The highest BCUT2D eigenvalue weighted by Gasteiger charge is 2.23. The maximum absolute atomic E-state index is 12.5. The van der Waals surface area contributed by atoms with Gasteiger partial charge in [0.15, 0.2) is 0 Å². The number of pyridine rings is 1. The van der Waals surface area contributed by atoms with E-state index in [1.54, 1.807) is 6.07 Å². The highest BCUT2D eigenvalue weighted by molar-refractivity contribution is 5.93. The molecule has 2 amide bonds. The second-order valence-electron chi connectivity index (χ2n) is 7.15. The Morgan fingerprint density at radius 2 is 2.11 bits per heavy atom. The lowest BCUT2D eigenvalue weighted by Gasteiger charge is -2.15. The number of amides is 2. The van der Waals surface area contributed by atoms with E-state index in [4.69, 9.17) is 0 Å². The van der Waals surface area contributed by atoms with Crippen molar-refractivity contribution < 1.29 is 9.59 Å². The molecule has 1 aliphatic carbocycles. The number of carbonyl (C=O) groups excluding carboxylic acids is 2. The second kappa shape index (κ2) is 7.77. The van der Waals surface area contributed by atoms with E-state index in [0.717, 1.165) is 29.8 Å². The average Bonchev–Trinajstić information content (AvgIpc) is 3.38. The standard InChI is InChI=1S/C19H25N5O3/c1-11(17-12(2)22-23-13(17)3)21-16(25)10-24-8-4-5-15(19(24)27)18(26)20-9-14-6-7-14/h4-5,8,11,14H,6-7,9-10H2,1-3H3,(H,20,26)(H,21,25)(H,22,23)/t11-/m0/s1. The molecule has 3 N–H and O–H groups in total. The molecule has 2 aromatic heterocycles. The molecular formula is C19H25N5O3. The van der Waals surface area contributed by atoms with Gasteiger partial charge >= 0.3 is 0 Å². The summed E-state index contributed by atoms with van der Waals surface area (Å²) in [6, 6.07) is 2.85. The van der Waals surface area contributed by atoms with E-state index in [0.29, 0.717) is 12.5 Å². The molecule has 8 heteroatoms. The molecule has 8 nitrogen and oxygen atoms in total. The lowest BCUT2D eigenvalue weighted by atomic mass is 10.1. The van der Waals surface area contributed by atoms with Gasteiger partial charge in [-0.2, -0.15) is 5.10 Å². The highest BCUT2D eigenvalue weighted by atomic mass is 16.2. The number of hydrogen-bond donors (Lipinski definition) is 3. The lowest BCUT2D eigenvalue weighted by molar-refractivity contribution is -0.122. The van der Waals surface area contributed by atoms with E-state index in [9.17, 15) is 14.4 Å². The first-order valence-electron chi connectivity index (χ1n) is 9.15. The van der Waals surface area contributed by atoms with Crippen LogP contribution in [0, 0.1) is 19.8 Å². The van der Waals surface area contributed by atoms with E-state index in [-0.39, 0.29) is 30.0 Å². The molecule has 0 bridgehead atoms. The van der Waals surface area contributed by atoms with Crippen molar-refractivity contribution in [3.63, 3.8) is 0 Å². The van der Waals surface area contributed by atoms with Gasteiger partial charge < -0.3 is 15.2 Å². The summed E-state index contributed by atoms with van der Waals surface area (Å²) in [5.41, 5.74) is 2.24. The molecule has 0 radical (unpaired) electrons. The number of carbonyl (C=O) groups is 2. The van der Waals surface area contributed by atoms with Crippen molar-refractivity contribution in [3.05, 3.63) is 51.2 Å². The van der Waals surface area contributed by atoms with Gasteiger partial charge in [0.2, 0.25) is 5.91 Å². The predicted octanol–water partition coefficient (Wildman–Crippen LogP) is 1.21. The van der Waals surface area contributed by atoms with Crippen LogP contribution in [0.2, 0.25) is 0 Å². The molecule has 0 aromatic carbocycles. The Bertz CT molecular complexity index is 891. The minimum absolute atomic E-state index is 0.0560. The smallest absolute Gasteiger partial charge is 0.263 e. The fourth-order valence-corrected chi connectivity index (χ4v) is 3.20. The summed E-state index contributed by atoms with van der Waals surface area (Å²) in [4.78, 5) is 37.1. The molecule has 1 saturated carbocycles. The Labute approximate surface area is 157 Å². The van der Waals surface area contributed by atoms with Crippen molar-refractivity contribution in [2.24, 2.45) is 5.92 Å². The summed E-state index contributed by atoms with van der Waals surface area (Å²) in [5, 5.41) is 12.7. The van der Waals surface area contributed by atoms with Gasteiger partial charge in [-0.15, -0.1) is 0 Å². The molecule has 1 atom stereocenters. The van der Waals surface area contributed by atoms with Crippen molar-refractivity contribution in [2.45, 2.75) is 46.2 Å². The molecule has 0 aliphatic heterocycles. The Hall–Kier alpha value is -2.90. The van der Waals surface area contributed by atoms with Crippen LogP contribution in [0.4, 0.5) is 0 Å². The van der Waals surface area contributed by atoms with Gasteiger partial charge in [0, 0.05) is 24.0 Å². The van der Waals surface area contributed by atoms with Crippen LogP contribution >= 0.6 is 0 Å². The first kappa shape index (κ1) is 18.9. The zero-order valence-electron chi connectivity index (χ0n) is 15.8. The van der Waals surface area contributed by atoms with E-state index in [1.165, 1.54) is 16.8 Å². The van der Waals surface area contributed by atoms with Crippen molar-refractivity contribution in [1.29, 1.82) is 0 Å². The lowest BCUT2D eigenvalue weighted by Crippen LogP contribution is -2.37. The third-order valence-electron chi connectivity index (χ3n) is 4.82. The molecule has 3 rings (SSSR count). The summed E-state index contributed by atoms with van der Waals surface area (Å²) >= 11 is 0. The molecule has 1 aliphatic rings. The molecule has 1 fully saturated rings. The molecule has 0 saturated heterocycles. The van der Waals surface area contributed by atoms with Crippen LogP contribution < -0.4 is 16.2 Å². The zero-order valence-corrected chi connectivity index (χ0v) is 15.8. The molecule has 144 valence electrons. The van der Waals surface area contributed by atoms with Gasteiger partial charge in [0.25, 0.3) is 11.5 Å². The topological polar surface area (TPSA) is 109 Å². The summed E-state index contributed by atoms with van der Waals surface area (Å²) in [5.74, 6) is -0.165. The second-order valence-corrected chi connectivity index (χ2v) is 7.15. The van der Waals surface area contributed by atoms with E-state index in [2.05, 4.69) is 20.8 Å². The SMILES string of the molecule is Cc1n[nH]c(C)c1[C@H](C)NC(=O)Cn1cccc(C(=O)NCC2CC2)c1=O. The Morgan fingerprint density at radius 3 is 2.74 bits per heavy atom. The first-order chi connectivity index (χ1) is 12.9. The predicted molar refractivity (Wildman–Crippen MR) is 100 cm³/mol. The van der Waals surface area contributed by atoms with E-state index >= 15 is 0 Å². The quantitative estimate of drug-likeness (QED) is 0.679. The fourth-order valence-electron chi connectivity index (χ4n) is 3.20. The molecule has 2 aromatic rings. The Morgan fingerprint density at radius 1 is 1.37 bits per heavy atom. The number of nitrogens with zero attached hydrogens (tertiary/aromatic N) is 2. The van der Waals surface area contributed by atoms with E-state index < -0.39 is 5.56 Å². The Kier molecular flexibility index (Phi) is 5.43. The molecule has 0 spiro atoms. The number of nitrogens with one attached hydrogen (secondary N) is 3. The number of aromatic amines is 1. The van der Waals surface area contributed by atoms with Crippen LogP contribution in [-0.4, -0.2) is 33.1 Å². The third kappa shape index (κ3) is 4.45. The van der Waals surface area contributed by atoms with Crippen LogP contribution in [0.3, 0.4) is 0 Å². The van der Waals surface area contributed by atoms with Crippen molar-refractivity contribution in [1.82, 2.24) is 25.4 Å². The van der Waals surface area contributed by atoms with Gasteiger partial charge in [-0.3, -0.25) is 19.5 Å². The van der Waals surface area contributed by atoms with Crippen LogP contribution in [0.1, 0.15) is 53.1 Å². The molecule has 0 unspecified atom stereocenters. The third-order valence-corrected chi connectivity index (χ3v) is 4.82. The summed E-state index contributed by atoms with van der Waals surface area (Å²) in [6.07, 6.45) is 3.75. The minimum Gasteiger partial charge on any atom is -0.352 e. The van der Waals surface area contributed by atoms with E-state index in [1.807, 2.05) is 20.8 Å². The van der Waals surface area contributed by atoms with Crippen LogP contribution in [0.15, 0.2) is 23.1 Å². The van der Waals surface area contributed by atoms with Gasteiger partial charge in [-0.05, 0) is 51.7 Å². The monoisotopic (exact) mass is 371 g/mol. The van der Waals surface area contributed by atoms with Crippen LogP contribution in [-0.2, 0) is 11.3 Å². The largest absolute Gasteiger partial charge is 0.352 e. The fraction of sp³-hybridized carbons (Fsp3) is 0.474. The van der Waals surface area contributed by atoms with Gasteiger partial charge in [0.05, 0.1) is 11.7 Å². The molecule has 2 heterocycles. The number of hydrogen-bond acceptors (Lipinski definition) is 4. The zero-order chi connectivity index (χ0) is 19.6. The number of aryl methyl sites for hydroxylation is 2. The van der Waals surface area contributed by atoms with Crippen molar-refractivity contribution >= 4 is 11.8 Å². The van der Waals surface area contributed by atoms with Gasteiger partial charge in [-0.25, -0.2) is 0 Å². The highest BCUT2D eigenvalue weighted by Crippen LogP contribution is 2.27. The number of rotatable bonds is 7. The van der Waals surface area contributed by atoms with Crippen LogP contribution in [0.25, 0.3) is 0 Å². The normalized spacial score (nSPS) is 14.6. The van der Waals surface area contributed by atoms with Crippen molar-refractivity contribution in [2.75, 3.05) is 6.54 Å². The van der Waals surface area contributed by atoms with Gasteiger partial charge in [0.1, 0.15) is 12.1 Å².